The van der Waals surface area contributed by atoms with E-state index >= 15 is 0 Å². The molecule has 0 saturated carbocycles. The van der Waals surface area contributed by atoms with Crippen LogP contribution < -0.4 is 0 Å². The molecular weight excluding hydrogens is 312 g/mol. The van der Waals surface area contributed by atoms with E-state index in [1.165, 1.54) is 0 Å². The molecule has 1 heterocycles. The molecule has 1 rings (SSSR count). The number of ether oxygens (including phenoxy) is 6. The summed E-state index contributed by atoms with van der Waals surface area (Å²) in [5, 5.41) is 0. The third-order valence-electron chi connectivity index (χ3n) is 3.73. The van der Waals surface area contributed by atoms with Crippen LogP contribution in [0.15, 0.2) is 0 Å². The normalized spacial score (nSPS) is 27.0. The van der Waals surface area contributed by atoms with Gasteiger partial charge >= 0.3 is 5.97 Å². The summed E-state index contributed by atoms with van der Waals surface area (Å²) in [7, 11) is 1.71. The Morgan fingerprint density at radius 1 is 0.833 bits per heavy atom. The highest BCUT2D eigenvalue weighted by atomic mass is 16.9. The van der Waals surface area contributed by atoms with Crippen LogP contribution in [-0.2, 0) is 28.4 Å². The predicted octanol–water partition coefficient (Wildman–Crippen LogP) is 3.13. The molecule has 0 aromatic heterocycles. The molecule has 0 bridgehead atoms. The van der Waals surface area contributed by atoms with Crippen molar-refractivity contribution in [1.29, 1.82) is 0 Å². The summed E-state index contributed by atoms with van der Waals surface area (Å²) >= 11 is 0. The lowest BCUT2D eigenvalue weighted by Gasteiger charge is -2.34. The van der Waals surface area contributed by atoms with Crippen molar-refractivity contribution in [2.24, 2.45) is 0 Å². The molecule has 0 radical (unpaired) electrons. The van der Waals surface area contributed by atoms with E-state index in [2.05, 4.69) is 20.8 Å². The SMILES string of the molecule is CCCO[C@@H]1[C@H](OCCC)COC1(OCCC)OCCCCOC. The molecule has 1 aliphatic rings. The summed E-state index contributed by atoms with van der Waals surface area (Å²) in [6, 6.07) is 0. The van der Waals surface area contributed by atoms with Crippen molar-refractivity contribution in [2.45, 2.75) is 71.1 Å². The molecule has 6 nitrogen and oxygen atoms in total. The molecule has 0 amide bonds. The number of rotatable bonds is 15. The van der Waals surface area contributed by atoms with Gasteiger partial charge in [-0.3, -0.25) is 0 Å². The lowest BCUT2D eigenvalue weighted by molar-refractivity contribution is -0.393. The first-order valence-electron chi connectivity index (χ1n) is 9.38. The molecule has 0 aromatic rings. The van der Waals surface area contributed by atoms with Crippen molar-refractivity contribution in [2.75, 3.05) is 46.8 Å². The van der Waals surface area contributed by atoms with Crippen LogP contribution in [0.5, 0.6) is 0 Å². The number of hydrogen-bond donors (Lipinski definition) is 0. The van der Waals surface area contributed by atoms with Crippen LogP contribution >= 0.6 is 0 Å². The van der Waals surface area contributed by atoms with Crippen molar-refractivity contribution < 1.29 is 28.4 Å². The molecule has 0 N–H and O–H groups in total. The summed E-state index contributed by atoms with van der Waals surface area (Å²) in [4.78, 5) is 0. The fourth-order valence-electron chi connectivity index (χ4n) is 2.55. The fraction of sp³-hybridized carbons (Fsp3) is 1.00. The second-order valence-electron chi connectivity index (χ2n) is 6.01. The molecule has 3 atom stereocenters. The Labute approximate surface area is 147 Å². The van der Waals surface area contributed by atoms with Gasteiger partial charge < -0.3 is 28.4 Å². The first kappa shape index (κ1) is 21.8. The number of methoxy groups -OCH3 is 1. The molecule has 144 valence electrons. The van der Waals surface area contributed by atoms with Gasteiger partial charge in [0.1, 0.15) is 6.10 Å². The minimum atomic E-state index is -1.16. The Bertz CT molecular complexity index is 301. The van der Waals surface area contributed by atoms with Crippen molar-refractivity contribution in [3.05, 3.63) is 0 Å². The minimum absolute atomic E-state index is 0.160. The van der Waals surface area contributed by atoms with Gasteiger partial charge in [-0.1, -0.05) is 20.8 Å². The molecule has 0 spiro atoms. The van der Waals surface area contributed by atoms with Crippen molar-refractivity contribution in [3.63, 3.8) is 0 Å². The standard InChI is InChI=1S/C18H36O6/c1-5-10-20-16-15-24-18(22-12-7-3,17(16)21-11-6-2)23-14-9-8-13-19-4/h16-17H,5-15H2,1-4H3/t16-,17-,18?/m1/s1. The van der Waals surface area contributed by atoms with Gasteiger partial charge in [-0.05, 0) is 32.1 Å². The van der Waals surface area contributed by atoms with Gasteiger partial charge in [0.05, 0.1) is 19.8 Å². The van der Waals surface area contributed by atoms with E-state index in [0.29, 0.717) is 33.0 Å². The van der Waals surface area contributed by atoms with Crippen molar-refractivity contribution in [1.82, 2.24) is 0 Å². The summed E-state index contributed by atoms with van der Waals surface area (Å²) in [6.07, 6.45) is 4.07. The molecule has 1 unspecified atom stereocenters. The molecular formula is C18H36O6. The molecule has 6 heteroatoms. The smallest absolute Gasteiger partial charge is 0.313 e. The lowest BCUT2D eigenvalue weighted by atomic mass is 10.2. The monoisotopic (exact) mass is 348 g/mol. The van der Waals surface area contributed by atoms with E-state index in [1.54, 1.807) is 7.11 Å². The van der Waals surface area contributed by atoms with Crippen molar-refractivity contribution in [3.8, 4) is 0 Å². The second kappa shape index (κ2) is 13.0. The molecule has 0 aromatic carbocycles. The maximum Gasteiger partial charge on any atom is 0.313 e. The quantitative estimate of drug-likeness (QED) is 0.335. The van der Waals surface area contributed by atoms with Crippen LogP contribution in [0.25, 0.3) is 0 Å². The van der Waals surface area contributed by atoms with Crippen LogP contribution in [0, 0.1) is 0 Å². The number of unbranched alkanes of at least 4 members (excludes halogenated alkanes) is 1. The largest absolute Gasteiger partial charge is 0.385 e. The van der Waals surface area contributed by atoms with E-state index in [-0.39, 0.29) is 12.2 Å². The van der Waals surface area contributed by atoms with Gasteiger partial charge in [0.2, 0.25) is 0 Å². The Hall–Kier alpha value is -0.240. The van der Waals surface area contributed by atoms with Gasteiger partial charge in [0.15, 0.2) is 6.10 Å². The predicted molar refractivity (Wildman–Crippen MR) is 92.1 cm³/mol. The Morgan fingerprint density at radius 2 is 1.46 bits per heavy atom. The zero-order chi connectivity index (χ0) is 17.7. The van der Waals surface area contributed by atoms with Gasteiger partial charge in [-0.2, -0.15) is 0 Å². The molecule has 24 heavy (non-hydrogen) atoms. The highest BCUT2D eigenvalue weighted by molar-refractivity contribution is 4.88. The van der Waals surface area contributed by atoms with Gasteiger partial charge in [-0.15, -0.1) is 0 Å². The zero-order valence-corrected chi connectivity index (χ0v) is 15.9. The Morgan fingerprint density at radius 3 is 2.12 bits per heavy atom. The number of hydrogen-bond acceptors (Lipinski definition) is 6. The zero-order valence-electron chi connectivity index (χ0n) is 15.9. The van der Waals surface area contributed by atoms with Crippen LogP contribution in [0.2, 0.25) is 0 Å². The summed E-state index contributed by atoms with van der Waals surface area (Å²) in [5.74, 6) is -1.16. The van der Waals surface area contributed by atoms with Gasteiger partial charge in [-0.25, -0.2) is 0 Å². The Kier molecular flexibility index (Phi) is 11.8. The second-order valence-corrected chi connectivity index (χ2v) is 6.01. The van der Waals surface area contributed by atoms with Crippen LogP contribution in [0.4, 0.5) is 0 Å². The van der Waals surface area contributed by atoms with Crippen molar-refractivity contribution >= 4 is 0 Å². The third kappa shape index (κ3) is 6.94. The highest BCUT2D eigenvalue weighted by Gasteiger charge is 2.54. The molecule has 1 aliphatic heterocycles. The molecule has 1 fully saturated rings. The van der Waals surface area contributed by atoms with E-state index in [4.69, 9.17) is 28.4 Å². The van der Waals surface area contributed by atoms with Crippen LogP contribution in [-0.4, -0.2) is 64.9 Å². The summed E-state index contributed by atoms with van der Waals surface area (Å²) in [6.45, 7) is 9.80. The van der Waals surface area contributed by atoms with E-state index < -0.39 is 5.97 Å². The average Bonchev–Trinajstić information content (AvgIpc) is 2.94. The van der Waals surface area contributed by atoms with E-state index in [9.17, 15) is 0 Å². The first-order chi connectivity index (χ1) is 11.7. The molecule has 0 aliphatic carbocycles. The maximum atomic E-state index is 6.05. The third-order valence-corrected chi connectivity index (χ3v) is 3.73. The lowest BCUT2D eigenvalue weighted by Crippen LogP contribution is -2.50. The van der Waals surface area contributed by atoms with Crippen LogP contribution in [0.3, 0.4) is 0 Å². The van der Waals surface area contributed by atoms with E-state index in [1.807, 2.05) is 0 Å². The van der Waals surface area contributed by atoms with Gasteiger partial charge in [0.25, 0.3) is 0 Å². The van der Waals surface area contributed by atoms with Gasteiger partial charge in [0, 0.05) is 26.9 Å². The fourth-order valence-corrected chi connectivity index (χ4v) is 2.55. The van der Waals surface area contributed by atoms with E-state index in [0.717, 1.165) is 38.7 Å². The summed E-state index contributed by atoms with van der Waals surface area (Å²) in [5.41, 5.74) is 0. The first-order valence-corrected chi connectivity index (χ1v) is 9.38. The topological polar surface area (TPSA) is 55.4 Å². The average molecular weight is 348 g/mol. The highest BCUT2D eigenvalue weighted by Crippen LogP contribution is 2.34. The Balaban J connectivity index is 2.70. The maximum absolute atomic E-state index is 6.05. The minimum Gasteiger partial charge on any atom is -0.385 e. The van der Waals surface area contributed by atoms with Crippen LogP contribution in [0.1, 0.15) is 52.9 Å². The molecule has 1 saturated heterocycles. The summed E-state index contributed by atoms with van der Waals surface area (Å²) < 4.78 is 35.0.